The average Bonchev–Trinajstić information content (AvgIpc) is 3.12. The number of pyridine rings is 1. The lowest BCUT2D eigenvalue weighted by Gasteiger charge is -2.07. The van der Waals surface area contributed by atoms with Gasteiger partial charge in [0.15, 0.2) is 5.58 Å². The molecule has 7 heteroatoms. The van der Waals surface area contributed by atoms with Gasteiger partial charge in [-0.2, -0.15) is 0 Å². The third kappa shape index (κ3) is 3.73. The van der Waals surface area contributed by atoms with Crippen LogP contribution in [-0.4, -0.2) is 21.8 Å². The Bertz CT molecular complexity index is 1170. The fourth-order valence-electron chi connectivity index (χ4n) is 2.77. The van der Waals surface area contributed by atoms with Crippen molar-refractivity contribution in [1.29, 1.82) is 0 Å². The molecule has 2 N–H and O–H groups in total. The number of hydrogen-bond acceptors (Lipinski definition) is 5. The molecule has 28 heavy (non-hydrogen) atoms. The lowest BCUT2D eigenvalue weighted by Crippen LogP contribution is -2.13. The highest BCUT2D eigenvalue weighted by molar-refractivity contribution is 6.05. The summed E-state index contributed by atoms with van der Waals surface area (Å²) in [4.78, 5) is 32.2. The molecule has 138 valence electrons. The fourth-order valence-corrected chi connectivity index (χ4v) is 2.77. The van der Waals surface area contributed by atoms with E-state index in [9.17, 15) is 9.59 Å². The first kappa shape index (κ1) is 17.4. The lowest BCUT2D eigenvalue weighted by atomic mass is 10.1. The van der Waals surface area contributed by atoms with Crippen molar-refractivity contribution in [2.75, 3.05) is 10.6 Å². The molecule has 0 unspecified atom stereocenters. The van der Waals surface area contributed by atoms with Crippen molar-refractivity contribution < 1.29 is 14.0 Å². The second-order valence-electron chi connectivity index (χ2n) is 6.15. The summed E-state index contributed by atoms with van der Waals surface area (Å²) in [6.45, 7) is 1.42. The number of aromatic nitrogens is 2. The number of carbonyl (C=O) groups excluding carboxylic acids is 2. The standard InChI is InChI=1S/C21H16N4O3/c1-13(26)23-16-4-2-3-15(11-16)20(27)24-17-5-6-18-19(12-17)28-21(25-18)14-7-9-22-10-8-14/h2-12H,1H3,(H,23,26)(H,24,27). The van der Waals surface area contributed by atoms with Crippen molar-refractivity contribution in [1.82, 2.24) is 9.97 Å². The predicted molar refractivity (Wildman–Crippen MR) is 106 cm³/mol. The highest BCUT2D eigenvalue weighted by Gasteiger charge is 2.11. The average molecular weight is 372 g/mol. The predicted octanol–water partition coefficient (Wildman–Crippen LogP) is 4.10. The van der Waals surface area contributed by atoms with Crippen molar-refractivity contribution in [3.05, 3.63) is 72.6 Å². The van der Waals surface area contributed by atoms with E-state index in [1.807, 2.05) is 12.1 Å². The number of amides is 2. The Morgan fingerprint density at radius 1 is 0.929 bits per heavy atom. The first-order valence-corrected chi connectivity index (χ1v) is 8.58. The van der Waals surface area contributed by atoms with Crippen molar-refractivity contribution in [3.63, 3.8) is 0 Å². The molecule has 0 saturated heterocycles. The quantitative estimate of drug-likeness (QED) is 0.562. The van der Waals surface area contributed by atoms with Gasteiger partial charge in [0, 0.05) is 47.9 Å². The molecular formula is C21H16N4O3. The lowest BCUT2D eigenvalue weighted by molar-refractivity contribution is -0.114. The van der Waals surface area contributed by atoms with Crippen LogP contribution in [0, 0.1) is 0 Å². The van der Waals surface area contributed by atoms with E-state index in [1.165, 1.54) is 6.92 Å². The second kappa shape index (κ2) is 7.32. The molecule has 0 aliphatic heterocycles. The Balaban J connectivity index is 1.56. The minimum absolute atomic E-state index is 0.196. The topological polar surface area (TPSA) is 97.1 Å². The fraction of sp³-hybridized carbons (Fsp3) is 0.0476. The summed E-state index contributed by atoms with van der Waals surface area (Å²) in [5.74, 6) is 0.00244. The molecule has 0 bridgehead atoms. The number of hydrogen-bond donors (Lipinski definition) is 2. The molecule has 0 spiro atoms. The molecule has 4 rings (SSSR count). The second-order valence-corrected chi connectivity index (χ2v) is 6.15. The van der Waals surface area contributed by atoms with Gasteiger partial charge in [-0.1, -0.05) is 6.07 Å². The van der Waals surface area contributed by atoms with Crippen LogP contribution in [0.4, 0.5) is 11.4 Å². The maximum absolute atomic E-state index is 12.5. The van der Waals surface area contributed by atoms with E-state index in [-0.39, 0.29) is 11.8 Å². The summed E-state index contributed by atoms with van der Waals surface area (Å²) in [7, 11) is 0. The van der Waals surface area contributed by atoms with Gasteiger partial charge in [-0.05, 0) is 42.5 Å². The van der Waals surface area contributed by atoms with Gasteiger partial charge in [0.1, 0.15) is 5.52 Å². The molecular weight excluding hydrogens is 356 g/mol. The smallest absolute Gasteiger partial charge is 0.255 e. The Hall–Kier alpha value is -4.00. The summed E-state index contributed by atoms with van der Waals surface area (Å²) in [5.41, 5.74) is 3.66. The number of nitrogens with zero attached hydrogens (tertiary/aromatic N) is 2. The summed E-state index contributed by atoms with van der Waals surface area (Å²) < 4.78 is 5.81. The Morgan fingerprint density at radius 2 is 1.71 bits per heavy atom. The van der Waals surface area contributed by atoms with Crippen LogP contribution in [0.2, 0.25) is 0 Å². The number of rotatable bonds is 4. The molecule has 0 atom stereocenters. The van der Waals surface area contributed by atoms with E-state index in [1.54, 1.807) is 54.9 Å². The normalized spacial score (nSPS) is 10.6. The Kier molecular flexibility index (Phi) is 4.55. The Labute approximate surface area is 160 Å². The zero-order valence-electron chi connectivity index (χ0n) is 15.0. The molecule has 2 amide bonds. The molecule has 0 aliphatic rings. The van der Waals surface area contributed by atoms with E-state index in [0.717, 1.165) is 5.56 Å². The number of carbonyl (C=O) groups is 2. The number of fused-ring (bicyclic) bond motifs is 1. The Morgan fingerprint density at radius 3 is 2.50 bits per heavy atom. The summed E-state index contributed by atoms with van der Waals surface area (Å²) in [6.07, 6.45) is 3.34. The maximum Gasteiger partial charge on any atom is 0.255 e. The van der Waals surface area contributed by atoms with Crippen molar-refractivity contribution in [3.8, 4) is 11.5 Å². The first-order chi connectivity index (χ1) is 13.6. The number of oxazole rings is 1. The van der Waals surface area contributed by atoms with Crippen LogP contribution in [0.25, 0.3) is 22.6 Å². The van der Waals surface area contributed by atoms with E-state index in [4.69, 9.17) is 4.42 Å². The summed E-state index contributed by atoms with van der Waals surface area (Å²) in [6, 6.07) is 15.6. The van der Waals surface area contributed by atoms with Gasteiger partial charge in [-0.3, -0.25) is 14.6 Å². The van der Waals surface area contributed by atoms with Gasteiger partial charge in [0.2, 0.25) is 11.8 Å². The van der Waals surface area contributed by atoms with Crippen molar-refractivity contribution in [2.24, 2.45) is 0 Å². The zero-order chi connectivity index (χ0) is 19.5. The van der Waals surface area contributed by atoms with E-state index < -0.39 is 0 Å². The molecule has 0 radical (unpaired) electrons. The number of anilines is 2. The van der Waals surface area contributed by atoms with Crippen molar-refractivity contribution >= 4 is 34.3 Å². The van der Waals surface area contributed by atoms with Crippen LogP contribution in [0.15, 0.2) is 71.4 Å². The maximum atomic E-state index is 12.5. The highest BCUT2D eigenvalue weighted by Crippen LogP contribution is 2.26. The molecule has 0 aliphatic carbocycles. The van der Waals surface area contributed by atoms with Crippen LogP contribution >= 0.6 is 0 Å². The third-order valence-corrected chi connectivity index (χ3v) is 4.02. The van der Waals surface area contributed by atoms with Gasteiger partial charge in [0.05, 0.1) is 0 Å². The van der Waals surface area contributed by atoms with Crippen LogP contribution in [0.3, 0.4) is 0 Å². The van der Waals surface area contributed by atoms with Gasteiger partial charge in [0.25, 0.3) is 5.91 Å². The minimum atomic E-state index is -0.291. The highest BCUT2D eigenvalue weighted by atomic mass is 16.3. The zero-order valence-corrected chi connectivity index (χ0v) is 15.0. The molecule has 0 saturated carbocycles. The van der Waals surface area contributed by atoms with E-state index in [2.05, 4.69) is 20.6 Å². The molecule has 2 heterocycles. The molecule has 2 aromatic heterocycles. The van der Waals surface area contributed by atoms with E-state index in [0.29, 0.717) is 33.9 Å². The van der Waals surface area contributed by atoms with Crippen LogP contribution in [0.1, 0.15) is 17.3 Å². The minimum Gasteiger partial charge on any atom is -0.436 e. The van der Waals surface area contributed by atoms with Gasteiger partial charge < -0.3 is 15.1 Å². The van der Waals surface area contributed by atoms with Gasteiger partial charge >= 0.3 is 0 Å². The molecule has 7 nitrogen and oxygen atoms in total. The summed E-state index contributed by atoms with van der Waals surface area (Å²) in [5, 5.41) is 5.49. The monoisotopic (exact) mass is 372 g/mol. The van der Waals surface area contributed by atoms with Gasteiger partial charge in [-0.25, -0.2) is 4.98 Å². The van der Waals surface area contributed by atoms with Crippen LogP contribution < -0.4 is 10.6 Å². The van der Waals surface area contributed by atoms with Gasteiger partial charge in [-0.15, -0.1) is 0 Å². The molecule has 0 fully saturated rings. The largest absolute Gasteiger partial charge is 0.436 e. The third-order valence-electron chi connectivity index (χ3n) is 4.02. The number of benzene rings is 2. The molecule has 4 aromatic rings. The van der Waals surface area contributed by atoms with E-state index >= 15 is 0 Å². The summed E-state index contributed by atoms with van der Waals surface area (Å²) >= 11 is 0. The van der Waals surface area contributed by atoms with Crippen molar-refractivity contribution in [2.45, 2.75) is 6.92 Å². The first-order valence-electron chi connectivity index (χ1n) is 8.58. The SMILES string of the molecule is CC(=O)Nc1cccc(C(=O)Nc2ccc3nc(-c4ccncc4)oc3c2)c1. The van der Waals surface area contributed by atoms with Crippen LogP contribution in [0.5, 0.6) is 0 Å². The number of nitrogens with one attached hydrogen (secondary N) is 2. The molecule has 2 aromatic carbocycles. The van der Waals surface area contributed by atoms with Crippen LogP contribution in [-0.2, 0) is 4.79 Å².